The van der Waals surface area contributed by atoms with Crippen LogP contribution in [0.5, 0.6) is 0 Å². The van der Waals surface area contributed by atoms with E-state index < -0.39 is 0 Å². The summed E-state index contributed by atoms with van der Waals surface area (Å²) in [6.07, 6.45) is 13.5. The maximum absolute atomic E-state index is 5.79. The third kappa shape index (κ3) is 2.72. The maximum atomic E-state index is 5.79. The molecule has 2 atom stereocenters. The Kier molecular flexibility index (Phi) is 3.27. The van der Waals surface area contributed by atoms with Gasteiger partial charge in [-0.25, -0.2) is 0 Å². The number of hydrogen-bond acceptors (Lipinski definition) is 2. The summed E-state index contributed by atoms with van der Waals surface area (Å²) in [7, 11) is 0. The van der Waals surface area contributed by atoms with Crippen molar-refractivity contribution < 1.29 is 0 Å². The van der Waals surface area contributed by atoms with Gasteiger partial charge in [-0.3, -0.25) is 0 Å². The molecule has 3 N–H and O–H groups in total. The lowest BCUT2D eigenvalue weighted by molar-refractivity contribution is 0.544. The van der Waals surface area contributed by atoms with E-state index in [2.05, 4.69) is 36.5 Å². The second-order valence-electron chi connectivity index (χ2n) is 4.49. The van der Waals surface area contributed by atoms with Gasteiger partial charge < -0.3 is 11.1 Å². The van der Waals surface area contributed by atoms with Crippen LogP contribution in [0.3, 0.4) is 0 Å². The van der Waals surface area contributed by atoms with Crippen LogP contribution < -0.4 is 11.1 Å². The van der Waals surface area contributed by atoms with E-state index in [9.17, 15) is 0 Å². The van der Waals surface area contributed by atoms with Gasteiger partial charge in [0.2, 0.25) is 0 Å². The van der Waals surface area contributed by atoms with Crippen LogP contribution in [0.15, 0.2) is 35.6 Å². The fourth-order valence-electron chi connectivity index (χ4n) is 2.15. The van der Waals surface area contributed by atoms with Gasteiger partial charge in [0, 0.05) is 17.8 Å². The van der Waals surface area contributed by atoms with E-state index in [4.69, 9.17) is 5.73 Å². The molecule has 2 nitrogen and oxygen atoms in total. The van der Waals surface area contributed by atoms with Crippen molar-refractivity contribution in [2.45, 2.75) is 44.7 Å². The fourth-order valence-corrected chi connectivity index (χ4v) is 2.15. The Bertz CT molecular complexity index is 312. The van der Waals surface area contributed by atoms with Crippen LogP contribution in [0.4, 0.5) is 0 Å². The summed E-state index contributed by atoms with van der Waals surface area (Å²) in [5.41, 5.74) is 8.50. The van der Waals surface area contributed by atoms with E-state index in [0.29, 0.717) is 6.04 Å². The summed E-state index contributed by atoms with van der Waals surface area (Å²) in [4.78, 5) is 0. The Hall–Kier alpha value is -1.02. The van der Waals surface area contributed by atoms with E-state index in [0.717, 1.165) is 6.42 Å². The summed E-state index contributed by atoms with van der Waals surface area (Å²) < 4.78 is 0. The minimum atomic E-state index is 0.207. The third-order valence-electron chi connectivity index (χ3n) is 3.19. The quantitative estimate of drug-likeness (QED) is 0.677. The number of rotatable bonds is 2. The topological polar surface area (TPSA) is 38.0 Å². The molecule has 2 heteroatoms. The van der Waals surface area contributed by atoms with Gasteiger partial charge in [0.1, 0.15) is 0 Å². The average Bonchev–Trinajstić information content (AvgIpc) is 2.25. The Morgan fingerprint density at radius 3 is 2.93 bits per heavy atom. The van der Waals surface area contributed by atoms with Crippen LogP contribution in [-0.4, -0.2) is 12.1 Å². The first-order valence-corrected chi connectivity index (χ1v) is 5.83. The van der Waals surface area contributed by atoms with Gasteiger partial charge in [0.25, 0.3) is 0 Å². The second-order valence-corrected chi connectivity index (χ2v) is 4.49. The molecule has 0 aromatic rings. The van der Waals surface area contributed by atoms with Gasteiger partial charge >= 0.3 is 0 Å². The summed E-state index contributed by atoms with van der Waals surface area (Å²) in [6, 6.07) is 0.738. The van der Waals surface area contributed by atoms with Crippen LogP contribution in [0.1, 0.15) is 32.6 Å². The minimum Gasteiger partial charge on any atom is -0.379 e. The predicted octanol–water partition coefficient (Wildman–Crippen LogP) is 2.25. The van der Waals surface area contributed by atoms with E-state index in [-0.39, 0.29) is 6.04 Å². The van der Waals surface area contributed by atoms with Crippen molar-refractivity contribution in [3.05, 3.63) is 35.6 Å². The molecule has 2 aliphatic carbocycles. The third-order valence-corrected chi connectivity index (χ3v) is 3.19. The summed E-state index contributed by atoms with van der Waals surface area (Å²) in [5.74, 6) is 0. The van der Waals surface area contributed by atoms with Crippen molar-refractivity contribution in [2.75, 3.05) is 0 Å². The average molecular weight is 204 g/mol. The molecule has 0 amide bonds. The molecule has 0 aliphatic heterocycles. The Balaban J connectivity index is 1.95. The molecule has 2 unspecified atom stereocenters. The van der Waals surface area contributed by atoms with Crippen LogP contribution >= 0.6 is 0 Å². The molecule has 2 rings (SSSR count). The molecule has 15 heavy (non-hydrogen) atoms. The first-order chi connectivity index (χ1) is 7.25. The van der Waals surface area contributed by atoms with Gasteiger partial charge in [-0.15, -0.1) is 0 Å². The second kappa shape index (κ2) is 4.67. The van der Waals surface area contributed by atoms with Crippen molar-refractivity contribution >= 4 is 0 Å². The summed E-state index contributed by atoms with van der Waals surface area (Å²) in [6.45, 7) is 2.22. The lowest BCUT2D eigenvalue weighted by Gasteiger charge is -2.26. The fraction of sp³-hybridized carbons (Fsp3) is 0.538. The SMILES string of the molecule is CC1=CCCCC1NC1=CCC(N)C=C1. The highest BCUT2D eigenvalue weighted by molar-refractivity contribution is 5.26. The molecule has 0 bridgehead atoms. The van der Waals surface area contributed by atoms with E-state index in [1.165, 1.54) is 30.5 Å². The van der Waals surface area contributed by atoms with Crippen LogP contribution in [0.25, 0.3) is 0 Å². The van der Waals surface area contributed by atoms with Crippen molar-refractivity contribution in [1.29, 1.82) is 0 Å². The normalized spacial score (nSPS) is 30.8. The van der Waals surface area contributed by atoms with Gasteiger partial charge in [-0.1, -0.05) is 23.8 Å². The molecule has 82 valence electrons. The Morgan fingerprint density at radius 1 is 1.40 bits per heavy atom. The molecule has 0 heterocycles. The highest BCUT2D eigenvalue weighted by Gasteiger charge is 2.15. The summed E-state index contributed by atoms with van der Waals surface area (Å²) >= 11 is 0. The van der Waals surface area contributed by atoms with Crippen molar-refractivity contribution in [3.8, 4) is 0 Å². The molecule has 0 fully saturated rings. The lowest BCUT2D eigenvalue weighted by atomic mass is 9.94. The van der Waals surface area contributed by atoms with E-state index >= 15 is 0 Å². The molecule has 2 aliphatic rings. The Morgan fingerprint density at radius 2 is 2.27 bits per heavy atom. The van der Waals surface area contributed by atoms with Crippen LogP contribution in [-0.2, 0) is 0 Å². The summed E-state index contributed by atoms with van der Waals surface area (Å²) in [5, 5.41) is 3.58. The standard InChI is InChI=1S/C13H20N2/c1-10-4-2-3-5-13(10)15-12-8-6-11(14)7-9-12/h4,6,8-9,11,13,15H,2-3,5,7,14H2,1H3. The predicted molar refractivity (Wildman–Crippen MR) is 64.3 cm³/mol. The minimum absolute atomic E-state index is 0.207. The number of hydrogen-bond donors (Lipinski definition) is 2. The molecule has 0 radical (unpaired) electrons. The zero-order valence-corrected chi connectivity index (χ0v) is 9.37. The number of nitrogens with one attached hydrogen (secondary N) is 1. The van der Waals surface area contributed by atoms with Gasteiger partial charge in [0.05, 0.1) is 0 Å². The molecule has 0 aromatic heterocycles. The van der Waals surface area contributed by atoms with Crippen LogP contribution in [0, 0.1) is 0 Å². The highest BCUT2D eigenvalue weighted by Crippen LogP contribution is 2.19. The smallest absolute Gasteiger partial charge is 0.0471 e. The first kappa shape index (κ1) is 10.5. The number of nitrogens with two attached hydrogens (primary N) is 1. The van der Waals surface area contributed by atoms with Gasteiger partial charge in [-0.05, 0) is 38.7 Å². The molecule has 0 aromatic carbocycles. The van der Waals surface area contributed by atoms with Crippen molar-refractivity contribution in [3.63, 3.8) is 0 Å². The Labute approximate surface area is 91.9 Å². The zero-order chi connectivity index (χ0) is 10.7. The van der Waals surface area contributed by atoms with Crippen LogP contribution in [0.2, 0.25) is 0 Å². The maximum Gasteiger partial charge on any atom is 0.0471 e. The highest BCUT2D eigenvalue weighted by atomic mass is 14.9. The lowest BCUT2D eigenvalue weighted by Crippen LogP contribution is -2.32. The number of allylic oxidation sites excluding steroid dienone is 2. The van der Waals surface area contributed by atoms with Gasteiger partial charge in [-0.2, -0.15) is 0 Å². The van der Waals surface area contributed by atoms with Gasteiger partial charge in [0.15, 0.2) is 0 Å². The molecule has 0 spiro atoms. The molecular formula is C13H20N2. The van der Waals surface area contributed by atoms with E-state index in [1.54, 1.807) is 0 Å². The zero-order valence-electron chi connectivity index (χ0n) is 9.37. The van der Waals surface area contributed by atoms with Crippen molar-refractivity contribution in [1.82, 2.24) is 5.32 Å². The van der Waals surface area contributed by atoms with E-state index in [1.807, 2.05) is 0 Å². The largest absolute Gasteiger partial charge is 0.379 e. The molecule has 0 saturated heterocycles. The van der Waals surface area contributed by atoms with Crippen molar-refractivity contribution in [2.24, 2.45) is 5.73 Å². The monoisotopic (exact) mass is 204 g/mol. The molecular weight excluding hydrogens is 184 g/mol. The molecule has 0 saturated carbocycles. The first-order valence-electron chi connectivity index (χ1n) is 5.83.